The first-order valence-electron chi connectivity index (χ1n) is 7.45. The van der Waals surface area contributed by atoms with Crippen LogP contribution < -0.4 is 5.32 Å². The van der Waals surface area contributed by atoms with E-state index >= 15 is 0 Å². The maximum atomic E-state index is 13.8. The summed E-state index contributed by atoms with van der Waals surface area (Å²) in [5.74, 6) is -1.67. The zero-order valence-electron chi connectivity index (χ0n) is 13.4. The van der Waals surface area contributed by atoms with Gasteiger partial charge in [-0.25, -0.2) is 4.39 Å². The lowest BCUT2D eigenvalue weighted by atomic mass is 10.1. The Morgan fingerprint density at radius 2 is 1.67 bits per heavy atom. The number of furan rings is 1. The number of nitro groups is 2. The van der Waals surface area contributed by atoms with Crippen LogP contribution in [0.2, 0.25) is 0 Å². The van der Waals surface area contributed by atoms with Crippen molar-refractivity contribution in [1.29, 1.82) is 0 Å². The summed E-state index contributed by atoms with van der Waals surface area (Å²) in [6, 6.07) is 11.1. The van der Waals surface area contributed by atoms with Crippen LogP contribution in [0.5, 0.6) is 0 Å². The Balaban J connectivity index is 1.84. The molecule has 2 aromatic carbocycles. The van der Waals surface area contributed by atoms with Gasteiger partial charge >= 0.3 is 0 Å². The van der Waals surface area contributed by atoms with Crippen LogP contribution in [0, 0.1) is 26.0 Å². The molecule has 0 radical (unpaired) electrons. The number of hydrogen-bond donors (Lipinski definition) is 1. The lowest BCUT2D eigenvalue weighted by Crippen LogP contribution is -2.12. The van der Waals surface area contributed by atoms with E-state index in [9.17, 15) is 29.4 Å². The molecule has 0 spiro atoms. The molecular weight excluding hydrogens is 361 g/mol. The molecule has 1 aromatic heterocycles. The number of nitrogens with zero attached hydrogens (tertiary/aromatic N) is 2. The summed E-state index contributed by atoms with van der Waals surface area (Å²) in [6.45, 7) is 0. The largest absolute Gasteiger partial charge is 0.451 e. The van der Waals surface area contributed by atoms with Gasteiger partial charge in [-0.2, -0.15) is 0 Å². The molecule has 0 unspecified atom stereocenters. The van der Waals surface area contributed by atoms with E-state index in [0.29, 0.717) is 5.56 Å². The standard InChI is InChI=1S/C17H10FN3O6/c18-13-5-4-12(21(25)26)9-14(13)19-17(22)16-7-6-15(27-16)10-2-1-3-11(8-10)20(23)24/h1-9H,(H,19,22). The molecule has 1 heterocycles. The van der Waals surface area contributed by atoms with Gasteiger partial charge in [0.1, 0.15) is 11.6 Å². The number of carbonyl (C=O) groups excluding carboxylic acids is 1. The maximum Gasteiger partial charge on any atom is 0.291 e. The predicted octanol–water partition coefficient (Wildman–Crippen LogP) is 4.15. The first kappa shape index (κ1) is 17.7. The Bertz CT molecular complexity index is 1060. The number of hydrogen-bond acceptors (Lipinski definition) is 6. The minimum absolute atomic E-state index is 0.145. The molecule has 0 aliphatic carbocycles. The highest BCUT2D eigenvalue weighted by molar-refractivity contribution is 6.02. The van der Waals surface area contributed by atoms with Crippen LogP contribution in [-0.4, -0.2) is 15.8 Å². The van der Waals surface area contributed by atoms with E-state index in [4.69, 9.17) is 4.42 Å². The van der Waals surface area contributed by atoms with Crippen LogP contribution in [-0.2, 0) is 0 Å². The highest BCUT2D eigenvalue weighted by atomic mass is 19.1. The van der Waals surface area contributed by atoms with Crippen LogP contribution in [0.25, 0.3) is 11.3 Å². The molecule has 0 fully saturated rings. The number of amides is 1. The van der Waals surface area contributed by atoms with Gasteiger partial charge in [-0.05, 0) is 18.2 Å². The van der Waals surface area contributed by atoms with Crippen LogP contribution in [0.3, 0.4) is 0 Å². The molecule has 10 heteroatoms. The summed E-state index contributed by atoms with van der Waals surface area (Å²) in [7, 11) is 0. The third kappa shape index (κ3) is 3.79. The van der Waals surface area contributed by atoms with E-state index < -0.39 is 21.6 Å². The first-order chi connectivity index (χ1) is 12.8. The van der Waals surface area contributed by atoms with Crippen LogP contribution in [0.15, 0.2) is 59.0 Å². The number of carbonyl (C=O) groups is 1. The smallest absolute Gasteiger partial charge is 0.291 e. The number of benzene rings is 2. The summed E-state index contributed by atoms with van der Waals surface area (Å²) in [4.78, 5) is 32.5. The monoisotopic (exact) mass is 371 g/mol. The molecule has 3 aromatic rings. The number of anilines is 1. The number of non-ortho nitro benzene ring substituents is 2. The van der Waals surface area contributed by atoms with Gasteiger partial charge in [0, 0.05) is 29.8 Å². The van der Waals surface area contributed by atoms with Crippen LogP contribution in [0.1, 0.15) is 10.6 Å². The minimum atomic E-state index is -0.848. The molecule has 1 N–H and O–H groups in total. The van der Waals surface area contributed by atoms with Crippen LogP contribution in [0.4, 0.5) is 21.5 Å². The third-order valence-corrected chi connectivity index (χ3v) is 3.58. The van der Waals surface area contributed by atoms with Crippen molar-refractivity contribution < 1.29 is 23.4 Å². The fraction of sp³-hybridized carbons (Fsp3) is 0. The molecule has 3 rings (SSSR count). The summed E-state index contributed by atoms with van der Waals surface area (Å²) < 4.78 is 19.1. The normalized spacial score (nSPS) is 10.4. The van der Waals surface area contributed by atoms with Gasteiger partial charge in [-0.1, -0.05) is 12.1 Å². The molecule has 0 atom stereocenters. The Kier molecular flexibility index (Phi) is 4.62. The van der Waals surface area contributed by atoms with E-state index in [0.717, 1.165) is 18.2 Å². The molecular formula is C17H10FN3O6. The molecule has 0 aliphatic heterocycles. The summed E-state index contributed by atoms with van der Waals surface area (Å²) in [5.41, 5.74) is -0.524. The Hall–Kier alpha value is -4.08. The van der Waals surface area contributed by atoms with E-state index in [2.05, 4.69) is 5.32 Å². The fourth-order valence-electron chi connectivity index (χ4n) is 2.29. The summed E-state index contributed by atoms with van der Waals surface area (Å²) in [5, 5.41) is 23.8. The quantitative estimate of drug-likeness (QED) is 0.530. The van der Waals surface area contributed by atoms with Crippen LogP contribution >= 0.6 is 0 Å². The van der Waals surface area contributed by atoms with Gasteiger partial charge < -0.3 is 9.73 Å². The van der Waals surface area contributed by atoms with E-state index in [1.54, 1.807) is 6.07 Å². The predicted molar refractivity (Wildman–Crippen MR) is 91.8 cm³/mol. The Morgan fingerprint density at radius 3 is 2.37 bits per heavy atom. The molecule has 0 saturated heterocycles. The second-order valence-electron chi connectivity index (χ2n) is 5.35. The van der Waals surface area contributed by atoms with E-state index in [1.807, 2.05) is 0 Å². The van der Waals surface area contributed by atoms with Crippen molar-refractivity contribution in [2.75, 3.05) is 5.32 Å². The summed E-state index contributed by atoms with van der Waals surface area (Å²) in [6.07, 6.45) is 0. The molecule has 136 valence electrons. The number of nitro benzene ring substituents is 2. The zero-order chi connectivity index (χ0) is 19.6. The summed E-state index contributed by atoms with van der Waals surface area (Å²) >= 11 is 0. The lowest BCUT2D eigenvalue weighted by Gasteiger charge is -2.04. The Labute approximate surface area is 150 Å². The van der Waals surface area contributed by atoms with Crippen molar-refractivity contribution in [3.05, 3.63) is 86.4 Å². The van der Waals surface area contributed by atoms with Crippen molar-refractivity contribution >= 4 is 23.0 Å². The molecule has 1 amide bonds. The first-order valence-corrected chi connectivity index (χ1v) is 7.45. The van der Waals surface area contributed by atoms with Crippen molar-refractivity contribution in [3.8, 4) is 11.3 Å². The van der Waals surface area contributed by atoms with Gasteiger partial charge in [0.15, 0.2) is 5.76 Å². The fourth-order valence-corrected chi connectivity index (χ4v) is 2.29. The van der Waals surface area contributed by atoms with E-state index in [-0.39, 0.29) is 28.6 Å². The minimum Gasteiger partial charge on any atom is -0.451 e. The highest BCUT2D eigenvalue weighted by Gasteiger charge is 2.17. The molecule has 0 saturated carbocycles. The van der Waals surface area contributed by atoms with Crippen molar-refractivity contribution in [2.24, 2.45) is 0 Å². The highest BCUT2D eigenvalue weighted by Crippen LogP contribution is 2.27. The second kappa shape index (κ2) is 7.04. The van der Waals surface area contributed by atoms with Gasteiger partial charge in [0.05, 0.1) is 15.5 Å². The van der Waals surface area contributed by atoms with Gasteiger partial charge in [0.2, 0.25) is 0 Å². The topological polar surface area (TPSA) is 129 Å². The van der Waals surface area contributed by atoms with Crippen molar-refractivity contribution in [2.45, 2.75) is 0 Å². The molecule has 0 aliphatic rings. The average Bonchev–Trinajstić information content (AvgIpc) is 3.13. The van der Waals surface area contributed by atoms with Gasteiger partial charge in [-0.15, -0.1) is 0 Å². The average molecular weight is 371 g/mol. The number of nitrogens with one attached hydrogen (secondary N) is 1. The molecule has 9 nitrogen and oxygen atoms in total. The lowest BCUT2D eigenvalue weighted by molar-refractivity contribution is -0.385. The molecule has 0 bridgehead atoms. The number of halogens is 1. The Morgan fingerprint density at radius 1 is 0.963 bits per heavy atom. The van der Waals surface area contributed by atoms with Gasteiger partial charge in [0.25, 0.3) is 17.3 Å². The zero-order valence-corrected chi connectivity index (χ0v) is 13.4. The van der Waals surface area contributed by atoms with Crippen molar-refractivity contribution in [3.63, 3.8) is 0 Å². The molecule has 27 heavy (non-hydrogen) atoms. The van der Waals surface area contributed by atoms with Gasteiger partial charge in [-0.3, -0.25) is 25.0 Å². The number of rotatable bonds is 5. The SMILES string of the molecule is O=C(Nc1cc([N+](=O)[O-])ccc1F)c1ccc(-c2cccc([N+](=O)[O-])c2)o1. The van der Waals surface area contributed by atoms with Crippen molar-refractivity contribution in [1.82, 2.24) is 0 Å². The second-order valence-corrected chi connectivity index (χ2v) is 5.35. The maximum absolute atomic E-state index is 13.8. The van der Waals surface area contributed by atoms with E-state index in [1.165, 1.54) is 30.3 Å². The third-order valence-electron chi connectivity index (χ3n) is 3.58.